The molecule has 0 aliphatic heterocycles. The van der Waals surface area contributed by atoms with Gasteiger partial charge in [-0.2, -0.15) is 5.10 Å². The highest BCUT2D eigenvalue weighted by molar-refractivity contribution is 5.47. The molecule has 1 saturated carbocycles. The Bertz CT molecular complexity index is 494. The average molecular weight is 187 g/mol. The van der Waals surface area contributed by atoms with Gasteiger partial charge in [0, 0.05) is 5.92 Å². The largest absolute Gasteiger partial charge is 0.232 e. The van der Waals surface area contributed by atoms with Crippen LogP contribution in [0.1, 0.15) is 35.7 Å². The van der Waals surface area contributed by atoms with E-state index in [1.165, 1.54) is 24.1 Å². The van der Waals surface area contributed by atoms with Gasteiger partial charge in [0.05, 0.1) is 17.6 Å². The van der Waals surface area contributed by atoms with Crippen LogP contribution in [0.2, 0.25) is 0 Å². The third-order valence-corrected chi connectivity index (χ3v) is 2.74. The Morgan fingerprint density at radius 2 is 2.14 bits per heavy atom. The highest BCUT2D eigenvalue weighted by atomic mass is 15.3. The quantitative estimate of drug-likeness (QED) is 0.685. The molecule has 2 aromatic rings. The predicted molar refractivity (Wildman–Crippen MR) is 54.4 cm³/mol. The molecule has 1 fully saturated rings. The molecule has 3 rings (SSSR count). The van der Waals surface area contributed by atoms with Gasteiger partial charge in [0.1, 0.15) is 0 Å². The molecule has 0 amide bonds. The molecule has 0 radical (unpaired) electrons. The lowest BCUT2D eigenvalue weighted by molar-refractivity contribution is 0.848. The van der Waals surface area contributed by atoms with Crippen molar-refractivity contribution < 1.29 is 0 Å². The topological polar surface area (TPSA) is 30.2 Å². The monoisotopic (exact) mass is 187 g/mol. The lowest BCUT2D eigenvalue weighted by atomic mass is 10.2. The smallest absolute Gasteiger partial charge is 0.156 e. The number of rotatable bonds is 1. The van der Waals surface area contributed by atoms with Crippen LogP contribution < -0.4 is 0 Å². The Labute approximate surface area is 82.8 Å². The lowest BCUT2D eigenvalue weighted by Gasteiger charge is -2.01. The van der Waals surface area contributed by atoms with Crippen LogP contribution in [0.5, 0.6) is 0 Å². The van der Waals surface area contributed by atoms with Crippen LogP contribution in [-0.4, -0.2) is 14.6 Å². The maximum atomic E-state index is 4.57. The number of hydrogen-bond donors (Lipinski definition) is 0. The normalized spacial score (nSPS) is 16.4. The van der Waals surface area contributed by atoms with E-state index in [0.29, 0.717) is 5.92 Å². The molecule has 0 spiro atoms. The van der Waals surface area contributed by atoms with Gasteiger partial charge in [0.2, 0.25) is 0 Å². The van der Waals surface area contributed by atoms with Crippen molar-refractivity contribution in [2.75, 3.05) is 0 Å². The molecule has 1 aliphatic rings. The van der Waals surface area contributed by atoms with E-state index in [4.69, 9.17) is 0 Å². The summed E-state index contributed by atoms with van der Waals surface area (Å²) in [6, 6.07) is 2.18. The van der Waals surface area contributed by atoms with E-state index in [9.17, 15) is 0 Å². The first-order chi connectivity index (χ1) is 6.74. The summed E-state index contributed by atoms with van der Waals surface area (Å²) in [5.74, 6) is 0.709. The highest BCUT2D eigenvalue weighted by Gasteiger charge is 2.26. The maximum Gasteiger partial charge on any atom is 0.156 e. The van der Waals surface area contributed by atoms with Gasteiger partial charge >= 0.3 is 0 Å². The predicted octanol–water partition coefficient (Wildman–Crippen LogP) is 2.22. The first-order valence-corrected chi connectivity index (χ1v) is 5.07. The Kier molecular flexibility index (Phi) is 1.46. The molecule has 2 heterocycles. The van der Waals surface area contributed by atoms with Crippen LogP contribution >= 0.6 is 0 Å². The van der Waals surface area contributed by atoms with E-state index in [2.05, 4.69) is 23.1 Å². The van der Waals surface area contributed by atoms with Crippen molar-refractivity contribution in [2.45, 2.75) is 32.6 Å². The van der Waals surface area contributed by atoms with E-state index < -0.39 is 0 Å². The van der Waals surface area contributed by atoms with Gasteiger partial charge in [-0.3, -0.25) is 0 Å². The molecule has 0 bridgehead atoms. The van der Waals surface area contributed by atoms with E-state index in [1.807, 2.05) is 17.6 Å². The van der Waals surface area contributed by atoms with E-state index >= 15 is 0 Å². The summed E-state index contributed by atoms with van der Waals surface area (Å²) in [6.07, 6.45) is 4.59. The number of nitrogens with zero attached hydrogens (tertiary/aromatic N) is 3. The molecule has 0 saturated heterocycles. The van der Waals surface area contributed by atoms with Gasteiger partial charge in [-0.1, -0.05) is 0 Å². The van der Waals surface area contributed by atoms with Gasteiger partial charge in [-0.25, -0.2) is 9.50 Å². The molecule has 2 aromatic heterocycles. The standard InChI is InChI=1S/C11H13N3/c1-7-5-10(9-3-4-9)13-14-6-8(2)12-11(7)14/h5-6,9H,3-4H2,1-2H3. The second-order valence-corrected chi connectivity index (χ2v) is 4.18. The zero-order chi connectivity index (χ0) is 9.71. The number of imidazole rings is 1. The first kappa shape index (κ1) is 7.97. The second-order valence-electron chi connectivity index (χ2n) is 4.18. The van der Waals surface area contributed by atoms with Crippen LogP contribution in [0.3, 0.4) is 0 Å². The number of aryl methyl sites for hydroxylation is 2. The third kappa shape index (κ3) is 1.12. The van der Waals surface area contributed by atoms with Crippen molar-refractivity contribution in [2.24, 2.45) is 0 Å². The summed E-state index contributed by atoms with van der Waals surface area (Å²) >= 11 is 0. The fourth-order valence-electron chi connectivity index (χ4n) is 1.85. The van der Waals surface area contributed by atoms with E-state index in [0.717, 1.165) is 11.3 Å². The molecule has 0 atom stereocenters. The highest BCUT2D eigenvalue weighted by Crippen LogP contribution is 2.39. The van der Waals surface area contributed by atoms with Gasteiger partial charge in [0.25, 0.3) is 0 Å². The van der Waals surface area contributed by atoms with Crippen molar-refractivity contribution >= 4 is 5.65 Å². The minimum Gasteiger partial charge on any atom is -0.232 e. The molecular weight excluding hydrogens is 174 g/mol. The summed E-state index contributed by atoms with van der Waals surface area (Å²) in [5, 5.41) is 4.57. The van der Waals surface area contributed by atoms with E-state index in [1.54, 1.807) is 0 Å². The van der Waals surface area contributed by atoms with Crippen molar-refractivity contribution in [3.63, 3.8) is 0 Å². The second kappa shape index (κ2) is 2.56. The molecule has 3 nitrogen and oxygen atoms in total. The van der Waals surface area contributed by atoms with Gasteiger partial charge in [-0.15, -0.1) is 0 Å². The molecule has 0 aromatic carbocycles. The van der Waals surface area contributed by atoms with Gasteiger partial charge in [0.15, 0.2) is 5.65 Å². The third-order valence-electron chi connectivity index (χ3n) is 2.74. The van der Waals surface area contributed by atoms with Crippen LogP contribution in [0.25, 0.3) is 5.65 Å². The van der Waals surface area contributed by atoms with Crippen molar-refractivity contribution in [1.29, 1.82) is 0 Å². The number of aromatic nitrogens is 3. The Morgan fingerprint density at radius 3 is 2.86 bits per heavy atom. The Hall–Kier alpha value is -1.38. The van der Waals surface area contributed by atoms with Gasteiger partial charge in [-0.05, 0) is 38.3 Å². The molecule has 1 aliphatic carbocycles. The fraction of sp³-hybridized carbons (Fsp3) is 0.455. The average Bonchev–Trinajstić information content (AvgIpc) is 2.89. The van der Waals surface area contributed by atoms with Gasteiger partial charge < -0.3 is 0 Å². The zero-order valence-corrected chi connectivity index (χ0v) is 8.49. The summed E-state index contributed by atoms with van der Waals surface area (Å²) in [6.45, 7) is 4.11. The molecule has 0 N–H and O–H groups in total. The van der Waals surface area contributed by atoms with E-state index in [-0.39, 0.29) is 0 Å². The minimum atomic E-state index is 0.709. The SMILES string of the molecule is Cc1cn2nc(C3CC3)cc(C)c2n1. The molecule has 14 heavy (non-hydrogen) atoms. The lowest BCUT2D eigenvalue weighted by Crippen LogP contribution is -1.97. The zero-order valence-electron chi connectivity index (χ0n) is 8.49. The Morgan fingerprint density at radius 1 is 1.36 bits per heavy atom. The van der Waals surface area contributed by atoms with Crippen LogP contribution in [0, 0.1) is 13.8 Å². The van der Waals surface area contributed by atoms with Crippen LogP contribution in [0.4, 0.5) is 0 Å². The summed E-state index contributed by atoms with van der Waals surface area (Å²) in [5.41, 5.74) is 4.49. The van der Waals surface area contributed by atoms with Crippen LogP contribution in [0.15, 0.2) is 12.3 Å². The summed E-state index contributed by atoms with van der Waals surface area (Å²) in [7, 11) is 0. The first-order valence-electron chi connectivity index (χ1n) is 5.07. The molecule has 0 unspecified atom stereocenters. The summed E-state index contributed by atoms with van der Waals surface area (Å²) in [4.78, 5) is 4.43. The fourth-order valence-corrected chi connectivity index (χ4v) is 1.85. The maximum absolute atomic E-state index is 4.57. The van der Waals surface area contributed by atoms with Crippen molar-refractivity contribution in [3.8, 4) is 0 Å². The number of fused-ring (bicyclic) bond motifs is 1. The minimum absolute atomic E-state index is 0.709. The van der Waals surface area contributed by atoms with Crippen molar-refractivity contribution in [1.82, 2.24) is 14.6 Å². The Balaban J connectivity index is 2.26. The molecular formula is C11H13N3. The summed E-state index contributed by atoms with van der Waals surface area (Å²) < 4.78 is 1.92. The molecule has 72 valence electrons. The molecule has 3 heteroatoms. The number of hydrogen-bond acceptors (Lipinski definition) is 2. The van der Waals surface area contributed by atoms with Crippen LogP contribution in [-0.2, 0) is 0 Å². The van der Waals surface area contributed by atoms with Crippen molar-refractivity contribution in [3.05, 3.63) is 29.2 Å².